The van der Waals surface area contributed by atoms with E-state index in [4.69, 9.17) is 18.0 Å². The van der Waals surface area contributed by atoms with E-state index in [9.17, 15) is 4.79 Å². The van der Waals surface area contributed by atoms with E-state index in [1.54, 1.807) is 0 Å². The van der Waals surface area contributed by atoms with Gasteiger partial charge in [-0.1, -0.05) is 12.2 Å². The van der Waals surface area contributed by atoms with Crippen LogP contribution >= 0.6 is 12.2 Å². The maximum absolute atomic E-state index is 10.2. The van der Waals surface area contributed by atoms with E-state index in [1.807, 2.05) is 6.92 Å². The molecule has 58 valence electrons. The van der Waals surface area contributed by atoms with E-state index in [0.717, 1.165) is 24.1 Å². The molecule has 0 atom stereocenters. The number of unbranched alkanes of at least 4 members (excludes halogenated alkanes) is 1. The summed E-state index contributed by atoms with van der Waals surface area (Å²) in [6, 6.07) is 0. The second kappa shape index (κ2) is 5.35. The summed E-state index contributed by atoms with van der Waals surface area (Å²) in [5, 5.41) is 0. The number of nitrogens with two attached hydrogens (primary N) is 1. The summed E-state index contributed by atoms with van der Waals surface area (Å²) in [4.78, 5) is 11.2. The molecule has 0 bridgehead atoms. The molecule has 0 aromatic heterocycles. The molecule has 0 saturated carbocycles. The van der Waals surface area contributed by atoms with Gasteiger partial charge in [-0.2, -0.15) is 0 Å². The van der Waals surface area contributed by atoms with Crippen LogP contribution < -0.4 is 5.73 Å². The summed E-state index contributed by atoms with van der Waals surface area (Å²) in [6.07, 6.45) is 3.27. The molecule has 0 saturated heterocycles. The highest BCUT2D eigenvalue weighted by Crippen LogP contribution is 2.00. The first-order chi connectivity index (χ1) is 4.63. The lowest BCUT2D eigenvalue weighted by Crippen LogP contribution is -2.09. The molecule has 0 aliphatic carbocycles. The van der Waals surface area contributed by atoms with Crippen LogP contribution in [0.5, 0.6) is 0 Å². The van der Waals surface area contributed by atoms with Gasteiger partial charge in [-0.25, -0.2) is 0 Å². The molecule has 0 aliphatic heterocycles. The number of amides is 1. The van der Waals surface area contributed by atoms with Crippen LogP contribution in [0.1, 0.15) is 32.6 Å². The first-order valence-electron chi connectivity index (χ1n) is 3.40. The van der Waals surface area contributed by atoms with Gasteiger partial charge in [-0.05, 0) is 31.1 Å². The minimum atomic E-state index is -0.220. The van der Waals surface area contributed by atoms with Crippen molar-refractivity contribution < 1.29 is 4.79 Å². The summed E-state index contributed by atoms with van der Waals surface area (Å²) < 4.78 is 0. The molecular formula is C7H13NOS. The highest BCUT2D eigenvalue weighted by Gasteiger charge is 1.94. The summed E-state index contributed by atoms with van der Waals surface area (Å²) in [5.41, 5.74) is 4.94. The van der Waals surface area contributed by atoms with Gasteiger partial charge in [-0.3, -0.25) is 4.79 Å². The third-order valence-corrected chi connectivity index (χ3v) is 1.41. The van der Waals surface area contributed by atoms with Crippen LogP contribution in [-0.4, -0.2) is 10.8 Å². The molecule has 0 aromatic carbocycles. The Labute approximate surface area is 66.8 Å². The largest absolute Gasteiger partial charge is 0.370 e. The summed E-state index contributed by atoms with van der Waals surface area (Å²) >= 11 is 4.86. The highest BCUT2D eigenvalue weighted by atomic mass is 32.1. The Morgan fingerprint density at radius 3 is 2.30 bits per heavy atom. The highest BCUT2D eigenvalue weighted by molar-refractivity contribution is 7.80. The molecule has 2 nitrogen and oxygen atoms in total. The smallest absolute Gasteiger partial charge is 0.217 e. The van der Waals surface area contributed by atoms with Gasteiger partial charge in [-0.15, -0.1) is 0 Å². The van der Waals surface area contributed by atoms with Gasteiger partial charge in [0, 0.05) is 6.42 Å². The van der Waals surface area contributed by atoms with Crippen LogP contribution in [-0.2, 0) is 4.79 Å². The van der Waals surface area contributed by atoms with E-state index >= 15 is 0 Å². The Morgan fingerprint density at radius 2 is 1.90 bits per heavy atom. The zero-order valence-electron chi connectivity index (χ0n) is 6.22. The van der Waals surface area contributed by atoms with Crippen molar-refractivity contribution in [3.8, 4) is 0 Å². The van der Waals surface area contributed by atoms with Crippen LogP contribution in [0, 0.1) is 0 Å². The lowest BCUT2D eigenvalue weighted by atomic mass is 10.1. The lowest BCUT2D eigenvalue weighted by Gasteiger charge is -1.95. The van der Waals surface area contributed by atoms with Crippen molar-refractivity contribution in [2.24, 2.45) is 5.73 Å². The van der Waals surface area contributed by atoms with E-state index in [1.165, 1.54) is 0 Å². The van der Waals surface area contributed by atoms with Gasteiger partial charge in [0.15, 0.2) is 0 Å². The van der Waals surface area contributed by atoms with Crippen molar-refractivity contribution in [2.45, 2.75) is 32.6 Å². The van der Waals surface area contributed by atoms with Crippen molar-refractivity contribution in [3.63, 3.8) is 0 Å². The van der Waals surface area contributed by atoms with Crippen molar-refractivity contribution >= 4 is 23.0 Å². The Hall–Kier alpha value is -0.440. The van der Waals surface area contributed by atoms with Crippen LogP contribution in [0.3, 0.4) is 0 Å². The fourth-order valence-corrected chi connectivity index (χ4v) is 0.818. The van der Waals surface area contributed by atoms with E-state index < -0.39 is 0 Å². The second-order valence-electron chi connectivity index (χ2n) is 2.38. The first kappa shape index (κ1) is 9.56. The number of rotatable bonds is 5. The fraction of sp³-hybridized carbons (Fsp3) is 0.714. The van der Waals surface area contributed by atoms with Gasteiger partial charge in [0.25, 0.3) is 0 Å². The SMILES string of the molecule is CC(=S)CCCCC(N)=O. The lowest BCUT2D eigenvalue weighted by molar-refractivity contribution is -0.118. The number of hydrogen-bond donors (Lipinski definition) is 1. The molecule has 0 radical (unpaired) electrons. The van der Waals surface area contributed by atoms with Crippen molar-refractivity contribution in [1.29, 1.82) is 0 Å². The number of carbonyl (C=O) groups is 1. The maximum Gasteiger partial charge on any atom is 0.217 e. The predicted molar refractivity (Wildman–Crippen MR) is 45.9 cm³/mol. The maximum atomic E-state index is 10.2. The van der Waals surface area contributed by atoms with Crippen molar-refractivity contribution in [1.82, 2.24) is 0 Å². The number of primary amides is 1. The summed E-state index contributed by atoms with van der Waals surface area (Å²) in [5.74, 6) is -0.220. The minimum Gasteiger partial charge on any atom is -0.370 e. The van der Waals surface area contributed by atoms with Crippen LogP contribution in [0.15, 0.2) is 0 Å². The molecule has 0 aliphatic rings. The first-order valence-corrected chi connectivity index (χ1v) is 3.81. The van der Waals surface area contributed by atoms with Crippen molar-refractivity contribution in [2.75, 3.05) is 0 Å². The van der Waals surface area contributed by atoms with Gasteiger partial charge >= 0.3 is 0 Å². The summed E-state index contributed by atoms with van der Waals surface area (Å²) in [6.45, 7) is 1.92. The van der Waals surface area contributed by atoms with E-state index in [-0.39, 0.29) is 5.91 Å². The zero-order chi connectivity index (χ0) is 7.98. The zero-order valence-corrected chi connectivity index (χ0v) is 7.04. The summed E-state index contributed by atoms with van der Waals surface area (Å²) in [7, 11) is 0. The molecule has 10 heavy (non-hydrogen) atoms. The number of hydrogen-bond acceptors (Lipinski definition) is 2. The number of thiocarbonyl (C=S) groups is 1. The Balaban J connectivity index is 3.06. The monoisotopic (exact) mass is 159 g/mol. The molecule has 0 fully saturated rings. The van der Waals surface area contributed by atoms with Gasteiger partial charge in [0.1, 0.15) is 0 Å². The third-order valence-electron chi connectivity index (χ3n) is 1.20. The molecule has 2 N–H and O–H groups in total. The van der Waals surface area contributed by atoms with Crippen LogP contribution in [0.4, 0.5) is 0 Å². The second-order valence-corrected chi connectivity index (χ2v) is 3.07. The predicted octanol–water partition coefficient (Wildman–Crippen LogP) is 1.42. The molecule has 0 unspecified atom stereocenters. The Kier molecular flexibility index (Phi) is 5.12. The Morgan fingerprint density at radius 1 is 1.40 bits per heavy atom. The molecule has 0 spiro atoms. The average molecular weight is 159 g/mol. The topological polar surface area (TPSA) is 43.1 Å². The van der Waals surface area contributed by atoms with Crippen LogP contribution in [0.2, 0.25) is 0 Å². The molecular weight excluding hydrogens is 146 g/mol. The fourth-order valence-electron chi connectivity index (χ4n) is 0.673. The van der Waals surface area contributed by atoms with Gasteiger partial charge in [0.05, 0.1) is 0 Å². The number of carbonyl (C=O) groups excluding carboxylic acids is 1. The minimum absolute atomic E-state index is 0.220. The molecule has 0 aromatic rings. The molecule has 0 rings (SSSR count). The quantitative estimate of drug-likeness (QED) is 0.487. The average Bonchev–Trinajstić information content (AvgIpc) is 1.79. The van der Waals surface area contributed by atoms with E-state index in [2.05, 4.69) is 0 Å². The van der Waals surface area contributed by atoms with Crippen LogP contribution in [0.25, 0.3) is 0 Å². The molecule has 3 heteroatoms. The molecule has 1 amide bonds. The molecule has 0 heterocycles. The van der Waals surface area contributed by atoms with E-state index in [0.29, 0.717) is 6.42 Å². The normalized spacial score (nSPS) is 9.30. The van der Waals surface area contributed by atoms with Gasteiger partial charge < -0.3 is 5.73 Å². The van der Waals surface area contributed by atoms with Crippen molar-refractivity contribution in [3.05, 3.63) is 0 Å². The Bertz CT molecular complexity index is 118. The standard InChI is InChI=1S/C7H13NOS/c1-6(10)4-2-3-5-7(8)9/h2-5H2,1H3,(H2,8,9). The third kappa shape index (κ3) is 7.56. The van der Waals surface area contributed by atoms with Gasteiger partial charge in [0.2, 0.25) is 5.91 Å².